The number of nitrogens with zero attached hydrogens (tertiary/aromatic N) is 1. The lowest BCUT2D eigenvalue weighted by Gasteiger charge is -2.45. The first-order valence-electron chi connectivity index (χ1n) is 14.8. The number of hydrogen-bond donors (Lipinski definition) is 0. The van der Waals surface area contributed by atoms with Gasteiger partial charge >= 0.3 is 0 Å². The van der Waals surface area contributed by atoms with Gasteiger partial charge in [-0.05, 0) is 114 Å². The van der Waals surface area contributed by atoms with Crippen LogP contribution in [-0.4, -0.2) is 0 Å². The van der Waals surface area contributed by atoms with Crippen LogP contribution in [0.4, 0.5) is 0 Å². The first-order chi connectivity index (χ1) is 18.1. The van der Waals surface area contributed by atoms with Crippen molar-refractivity contribution in [1.82, 2.24) is 0 Å². The Morgan fingerprint density at radius 2 is 1.41 bits per heavy atom. The quantitative estimate of drug-likeness (QED) is 0.253. The van der Waals surface area contributed by atoms with Crippen molar-refractivity contribution in [3.05, 3.63) is 89.6 Å². The second-order valence-electron chi connectivity index (χ2n) is 12.5. The second kappa shape index (κ2) is 9.43. The molecule has 4 saturated carbocycles. The summed E-state index contributed by atoms with van der Waals surface area (Å²) in [6.07, 6.45) is 15.0. The molecule has 1 heterocycles. The van der Waals surface area contributed by atoms with Crippen molar-refractivity contribution in [2.45, 2.75) is 76.5 Å². The third-order valence-electron chi connectivity index (χ3n) is 9.99. The lowest BCUT2D eigenvalue weighted by atomic mass is 9.60. The minimum atomic E-state index is 0.664. The molecule has 0 N–H and O–H groups in total. The van der Waals surface area contributed by atoms with Crippen LogP contribution in [0.2, 0.25) is 0 Å². The maximum absolute atomic E-state index is 2.50. The van der Waals surface area contributed by atoms with E-state index in [0.717, 1.165) is 17.8 Å². The van der Waals surface area contributed by atoms with Crippen LogP contribution in [-0.2, 0) is 7.05 Å². The number of aromatic nitrogens is 1. The fourth-order valence-electron chi connectivity index (χ4n) is 7.90. The van der Waals surface area contributed by atoms with E-state index in [2.05, 4.69) is 91.5 Å². The highest BCUT2D eigenvalue weighted by Gasteiger charge is 2.38. The van der Waals surface area contributed by atoms with Crippen LogP contribution < -0.4 is 4.57 Å². The highest BCUT2D eigenvalue weighted by Crippen LogP contribution is 2.51. The molecule has 0 aliphatic heterocycles. The summed E-state index contributed by atoms with van der Waals surface area (Å²) >= 11 is 0. The molecular weight excluding hydrogens is 446 g/mol. The van der Waals surface area contributed by atoms with Crippen molar-refractivity contribution >= 4 is 10.8 Å². The van der Waals surface area contributed by atoms with Crippen molar-refractivity contribution in [2.75, 3.05) is 0 Å². The molecule has 8 rings (SSSR count). The Morgan fingerprint density at radius 1 is 0.676 bits per heavy atom. The number of fused-ring (bicyclic) bond motifs is 3. The molecule has 0 atom stereocenters. The standard InChI is InChI=1S/C36H40N/c1-24-8-6-7-11-33(24)36-22-34(35(23-37(36)2)27-9-4-3-5-10-27)31-15-14-28-20-30(13-12-29(28)21-31)32-18-25-16-26(17-25)19-32/h6-8,11-15,20-23,25-27,32H,3-5,9-10,16-19H2,1-2H3/q+1. The van der Waals surface area contributed by atoms with Crippen molar-refractivity contribution in [3.63, 3.8) is 0 Å². The summed E-state index contributed by atoms with van der Waals surface area (Å²) in [7, 11) is 2.23. The third kappa shape index (κ3) is 4.31. The highest BCUT2D eigenvalue weighted by molar-refractivity contribution is 5.89. The normalized spacial score (nSPS) is 23.7. The summed E-state index contributed by atoms with van der Waals surface area (Å²) < 4.78 is 2.37. The molecule has 1 nitrogen and oxygen atoms in total. The molecule has 188 valence electrons. The number of aryl methyl sites for hydroxylation is 2. The van der Waals surface area contributed by atoms with Crippen molar-refractivity contribution in [3.8, 4) is 22.4 Å². The van der Waals surface area contributed by atoms with E-state index in [4.69, 9.17) is 0 Å². The van der Waals surface area contributed by atoms with Crippen LogP contribution in [0, 0.1) is 18.8 Å². The fourth-order valence-corrected chi connectivity index (χ4v) is 7.90. The molecule has 2 bridgehead atoms. The van der Waals surface area contributed by atoms with Gasteiger partial charge in [0.15, 0.2) is 6.20 Å². The van der Waals surface area contributed by atoms with E-state index < -0.39 is 0 Å². The van der Waals surface area contributed by atoms with Gasteiger partial charge in [0.25, 0.3) is 0 Å². The average molecular weight is 487 g/mol. The molecule has 0 radical (unpaired) electrons. The molecule has 4 aliphatic rings. The van der Waals surface area contributed by atoms with Gasteiger partial charge in [-0.15, -0.1) is 0 Å². The Bertz CT molecular complexity index is 1440. The van der Waals surface area contributed by atoms with Crippen molar-refractivity contribution in [2.24, 2.45) is 18.9 Å². The number of pyridine rings is 1. The highest BCUT2D eigenvalue weighted by atomic mass is 14.9. The van der Waals surface area contributed by atoms with Crippen LogP contribution in [0.15, 0.2) is 72.9 Å². The summed E-state index contributed by atoms with van der Waals surface area (Å²) in [5.41, 5.74) is 9.89. The Morgan fingerprint density at radius 3 is 2.19 bits per heavy atom. The summed E-state index contributed by atoms with van der Waals surface area (Å²) in [5, 5.41) is 2.78. The molecule has 4 aliphatic carbocycles. The average Bonchev–Trinajstić information content (AvgIpc) is 2.93. The zero-order chi connectivity index (χ0) is 24.9. The fraction of sp³-hybridized carbons (Fsp3) is 0.417. The molecule has 4 aromatic rings. The van der Waals surface area contributed by atoms with Gasteiger partial charge in [0, 0.05) is 17.2 Å². The third-order valence-corrected chi connectivity index (χ3v) is 9.99. The van der Waals surface area contributed by atoms with E-state index in [0.29, 0.717) is 5.92 Å². The molecular formula is C36H40N+. The number of hydrogen-bond acceptors (Lipinski definition) is 0. The molecule has 0 saturated heterocycles. The van der Waals surface area contributed by atoms with E-state index in [9.17, 15) is 0 Å². The van der Waals surface area contributed by atoms with Crippen molar-refractivity contribution in [1.29, 1.82) is 0 Å². The summed E-state index contributed by atoms with van der Waals surface area (Å²) in [4.78, 5) is 0. The van der Waals surface area contributed by atoms with Crippen LogP contribution in [0.25, 0.3) is 33.2 Å². The molecule has 0 spiro atoms. The Balaban J connectivity index is 1.31. The molecule has 1 aromatic heterocycles. The van der Waals surface area contributed by atoms with E-state index in [-0.39, 0.29) is 0 Å². The second-order valence-corrected chi connectivity index (χ2v) is 12.5. The minimum Gasteiger partial charge on any atom is -0.201 e. The predicted molar refractivity (Wildman–Crippen MR) is 155 cm³/mol. The van der Waals surface area contributed by atoms with E-state index >= 15 is 0 Å². The monoisotopic (exact) mass is 486 g/mol. The summed E-state index contributed by atoms with van der Waals surface area (Å²) in [5.74, 6) is 3.45. The van der Waals surface area contributed by atoms with Gasteiger partial charge < -0.3 is 0 Å². The Labute approximate surface area is 222 Å². The first kappa shape index (κ1) is 23.2. The van der Waals surface area contributed by atoms with Gasteiger partial charge in [-0.25, -0.2) is 4.57 Å². The van der Waals surface area contributed by atoms with E-state index in [1.807, 2.05) is 0 Å². The minimum absolute atomic E-state index is 0.664. The lowest BCUT2D eigenvalue weighted by Crippen LogP contribution is -2.32. The van der Waals surface area contributed by atoms with Crippen LogP contribution >= 0.6 is 0 Å². The smallest absolute Gasteiger partial charge is 0.201 e. The van der Waals surface area contributed by atoms with E-state index in [1.54, 1.807) is 5.56 Å². The Kier molecular flexibility index (Phi) is 5.91. The molecule has 0 unspecified atom stereocenters. The SMILES string of the molecule is Cc1ccccc1-c1cc(-c2ccc3cc(C4CC5CC(C5)C4)ccc3c2)c(C2CCCCC2)c[n+]1C. The molecule has 4 fully saturated rings. The summed E-state index contributed by atoms with van der Waals surface area (Å²) in [6, 6.07) is 25.9. The lowest BCUT2D eigenvalue weighted by molar-refractivity contribution is -0.660. The molecule has 1 heteroatoms. The van der Waals surface area contributed by atoms with Crippen molar-refractivity contribution < 1.29 is 4.57 Å². The van der Waals surface area contributed by atoms with Gasteiger partial charge in [-0.1, -0.05) is 67.8 Å². The summed E-state index contributed by atoms with van der Waals surface area (Å²) in [6.45, 7) is 2.23. The zero-order valence-electron chi connectivity index (χ0n) is 22.5. The van der Waals surface area contributed by atoms with E-state index in [1.165, 1.54) is 102 Å². The predicted octanol–water partition coefficient (Wildman–Crippen LogP) is 9.26. The topological polar surface area (TPSA) is 3.88 Å². The van der Waals surface area contributed by atoms with Gasteiger partial charge in [-0.3, -0.25) is 0 Å². The van der Waals surface area contributed by atoms with Crippen LogP contribution in [0.3, 0.4) is 0 Å². The van der Waals surface area contributed by atoms with Gasteiger partial charge in [-0.2, -0.15) is 0 Å². The number of benzene rings is 3. The zero-order valence-corrected chi connectivity index (χ0v) is 22.5. The molecule has 37 heavy (non-hydrogen) atoms. The molecule has 3 aromatic carbocycles. The van der Waals surface area contributed by atoms with Gasteiger partial charge in [0.05, 0.1) is 0 Å². The van der Waals surface area contributed by atoms with Gasteiger partial charge in [0.1, 0.15) is 7.05 Å². The van der Waals surface area contributed by atoms with Gasteiger partial charge in [0.2, 0.25) is 5.69 Å². The first-order valence-corrected chi connectivity index (χ1v) is 14.8. The largest absolute Gasteiger partial charge is 0.213 e. The maximum Gasteiger partial charge on any atom is 0.213 e. The van der Waals surface area contributed by atoms with Crippen LogP contribution in [0.5, 0.6) is 0 Å². The molecule has 0 amide bonds. The van der Waals surface area contributed by atoms with Crippen LogP contribution in [0.1, 0.15) is 86.3 Å². The number of rotatable bonds is 4. The Hall–Kier alpha value is -2.93. The maximum atomic E-state index is 2.50.